The van der Waals surface area contributed by atoms with Gasteiger partial charge in [0.2, 0.25) is 5.91 Å². The van der Waals surface area contributed by atoms with Gasteiger partial charge in [0.25, 0.3) is 10.0 Å². The van der Waals surface area contributed by atoms with Gasteiger partial charge in [-0.1, -0.05) is 51.8 Å². The lowest BCUT2D eigenvalue weighted by Crippen LogP contribution is -2.17. The fourth-order valence-electron chi connectivity index (χ4n) is 3.02. The van der Waals surface area contributed by atoms with E-state index in [0.29, 0.717) is 11.4 Å². The maximum absolute atomic E-state index is 12.9. The molecular weight excluding hydrogens is 464 g/mol. The molecule has 0 aliphatic heterocycles. The maximum atomic E-state index is 12.9. The van der Waals surface area contributed by atoms with Crippen molar-refractivity contribution in [2.45, 2.75) is 32.1 Å². The summed E-state index contributed by atoms with van der Waals surface area (Å²) in [6.07, 6.45) is 0.199. The first-order valence-electron chi connectivity index (χ1n) is 9.39. The second kappa shape index (κ2) is 9.02. The molecule has 0 atom stereocenters. The normalized spacial score (nSPS) is 11.2. The van der Waals surface area contributed by atoms with Crippen LogP contribution in [0, 0.1) is 20.8 Å². The Hall–Kier alpha value is -2.64. The maximum Gasteiger partial charge on any atom is 0.261 e. The molecule has 3 aromatic rings. The fourth-order valence-corrected chi connectivity index (χ4v) is 4.44. The number of hydrogen-bond acceptors (Lipinski definition) is 3. The molecule has 0 aromatic heterocycles. The Bertz CT molecular complexity index is 1190. The Balaban J connectivity index is 1.79. The van der Waals surface area contributed by atoms with Crippen molar-refractivity contribution >= 4 is 43.2 Å². The van der Waals surface area contributed by atoms with Crippen molar-refractivity contribution in [2.75, 3.05) is 10.0 Å². The van der Waals surface area contributed by atoms with Crippen LogP contribution in [0.3, 0.4) is 0 Å². The summed E-state index contributed by atoms with van der Waals surface area (Å²) < 4.78 is 29.3. The molecule has 156 valence electrons. The highest BCUT2D eigenvalue weighted by Crippen LogP contribution is 2.24. The van der Waals surface area contributed by atoms with Crippen LogP contribution in [-0.2, 0) is 21.2 Å². The number of nitrogens with one attached hydrogen (secondary N) is 2. The van der Waals surface area contributed by atoms with Gasteiger partial charge in [0.15, 0.2) is 0 Å². The molecule has 0 spiro atoms. The molecule has 7 heteroatoms. The van der Waals surface area contributed by atoms with Crippen molar-refractivity contribution in [3.8, 4) is 0 Å². The second-order valence-electron chi connectivity index (χ2n) is 7.25. The zero-order chi connectivity index (χ0) is 21.9. The lowest BCUT2D eigenvalue weighted by Gasteiger charge is -2.14. The predicted octanol–water partition coefficient (Wildman–Crippen LogP) is 5.36. The van der Waals surface area contributed by atoms with Crippen LogP contribution in [0.25, 0.3) is 0 Å². The van der Waals surface area contributed by atoms with Crippen LogP contribution in [0.15, 0.2) is 70.0 Å². The van der Waals surface area contributed by atoms with Crippen LogP contribution >= 0.6 is 15.9 Å². The molecular formula is C23H23BrN2O3S. The van der Waals surface area contributed by atoms with Crippen LogP contribution in [0.4, 0.5) is 11.4 Å². The monoisotopic (exact) mass is 486 g/mol. The number of sulfonamides is 1. The SMILES string of the molecule is Cc1ccc(NS(=O)(=O)c2ccc(C)c(NC(=O)Cc3ccc(Br)cc3)c2)c(C)c1. The molecule has 30 heavy (non-hydrogen) atoms. The van der Waals surface area contributed by atoms with E-state index >= 15 is 0 Å². The Morgan fingerprint density at radius 3 is 2.23 bits per heavy atom. The van der Waals surface area contributed by atoms with E-state index in [-0.39, 0.29) is 17.2 Å². The molecule has 0 saturated carbocycles. The van der Waals surface area contributed by atoms with E-state index < -0.39 is 10.0 Å². The number of amides is 1. The minimum Gasteiger partial charge on any atom is -0.326 e. The van der Waals surface area contributed by atoms with Gasteiger partial charge in [0.1, 0.15) is 0 Å². The number of benzene rings is 3. The molecule has 0 aliphatic rings. The highest BCUT2D eigenvalue weighted by Gasteiger charge is 2.17. The highest BCUT2D eigenvalue weighted by molar-refractivity contribution is 9.10. The quantitative estimate of drug-likeness (QED) is 0.492. The molecule has 0 radical (unpaired) electrons. The molecule has 0 saturated heterocycles. The molecule has 2 N–H and O–H groups in total. The number of carbonyl (C=O) groups is 1. The van der Waals surface area contributed by atoms with Crippen molar-refractivity contribution in [1.82, 2.24) is 0 Å². The molecule has 0 bridgehead atoms. The van der Waals surface area contributed by atoms with Crippen molar-refractivity contribution in [3.05, 3.63) is 87.4 Å². The Morgan fingerprint density at radius 2 is 1.57 bits per heavy atom. The van der Waals surface area contributed by atoms with E-state index in [2.05, 4.69) is 26.0 Å². The fraction of sp³-hybridized carbons (Fsp3) is 0.174. The van der Waals surface area contributed by atoms with E-state index in [1.165, 1.54) is 12.1 Å². The number of anilines is 2. The van der Waals surface area contributed by atoms with Gasteiger partial charge in [-0.05, 0) is 67.8 Å². The summed E-state index contributed by atoms with van der Waals surface area (Å²) in [6, 6.07) is 17.7. The second-order valence-corrected chi connectivity index (χ2v) is 9.85. The van der Waals surface area contributed by atoms with Crippen molar-refractivity contribution in [2.24, 2.45) is 0 Å². The van der Waals surface area contributed by atoms with E-state index in [0.717, 1.165) is 26.7 Å². The summed E-state index contributed by atoms with van der Waals surface area (Å²) in [6.45, 7) is 5.63. The zero-order valence-electron chi connectivity index (χ0n) is 17.0. The summed E-state index contributed by atoms with van der Waals surface area (Å²) in [4.78, 5) is 12.5. The largest absolute Gasteiger partial charge is 0.326 e. The number of carbonyl (C=O) groups excluding carboxylic acids is 1. The summed E-state index contributed by atoms with van der Waals surface area (Å²) >= 11 is 3.37. The molecule has 1 amide bonds. The minimum absolute atomic E-state index is 0.0898. The molecule has 5 nitrogen and oxygen atoms in total. The van der Waals surface area contributed by atoms with E-state index in [1.54, 1.807) is 12.1 Å². The van der Waals surface area contributed by atoms with Crippen LogP contribution in [0.5, 0.6) is 0 Å². The minimum atomic E-state index is -3.79. The van der Waals surface area contributed by atoms with E-state index in [4.69, 9.17) is 0 Å². The summed E-state index contributed by atoms with van der Waals surface area (Å²) in [5, 5.41) is 2.83. The number of rotatable bonds is 6. The third-order valence-corrected chi connectivity index (χ3v) is 6.59. The van der Waals surface area contributed by atoms with Gasteiger partial charge in [0.05, 0.1) is 17.0 Å². The molecule has 0 heterocycles. The molecule has 0 unspecified atom stereocenters. The van der Waals surface area contributed by atoms with Crippen molar-refractivity contribution in [3.63, 3.8) is 0 Å². The molecule has 0 aliphatic carbocycles. The Labute approximate surface area is 185 Å². The third kappa shape index (κ3) is 5.49. The van der Waals surface area contributed by atoms with Crippen LogP contribution in [-0.4, -0.2) is 14.3 Å². The van der Waals surface area contributed by atoms with Gasteiger partial charge in [0, 0.05) is 10.2 Å². The van der Waals surface area contributed by atoms with E-state index in [9.17, 15) is 13.2 Å². The summed E-state index contributed by atoms with van der Waals surface area (Å²) in [7, 11) is -3.79. The standard InChI is InChI=1S/C23H23BrN2O3S/c1-15-4-11-21(17(3)12-15)26-30(28,29)20-10-5-16(2)22(14-20)25-23(27)13-18-6-8-19(24)9-7-18/h4-12,14,26H,13H2,1-3H3,(H,25,27). The summed E-state index contributed by atoms with van der Waals surface area (Å²) in [5.74, 6) is -0.211. The van der Waals surface area contributed by atoms with Crippen molar-refractivity contribution in [1.29, 1.82) is 0 Å². The lowest BCUT2D eigenvalue weighted by atomic mass is 10.1. The molecule has 3 aromatic carbocycles. The van der Waals surface area contributed by atoms with Gasteiger partial charge in [-0.25, -0.2) is 8.42 Å². The van der Waals surface area contributed by atoms with Gasteiger partial charge in [-0.2, -0.15) is 0 Å². The molecule has 3 rings (SSSR count). The predicted molar refractivity (Wildman–Crippen MR) is 124 cm³/mol. The average molecular weight is 487 g/mol. The summed E-state index contributed by atoms with van der Waals surface area (Å²) in [5.41, 5.74) is 4.55. The van der Waals surface area contributed by atoms with Gasteiger partial charge in [-0.3, -0.25) is 9.52 Å². The highest BCUT2D eigenvalue weighted by atomic mass is 79.9. The number of halogens is 1. The van der Waals surface area contributed by atoms with Crippen LogP contribution < -0.4 is 10.0 Å². The van der Waals surface area contributed by atoms with E-state index in [1.807, 2.05) is 57.2 Å². The Morgan fingerprint density at radius 1 is 0.867 bits per heavy atom. The third-order valence-electron chi connectivity index (χ3n) is 4.70. The number of hydrogen-bond donors (Lipinski definition) is 2. The topological polar surface area (TPSA) is 75.3 Å². The van der Waals surface area contributed by atoms with Gasteiger partial charge < -0.3 is 5.32 Å². The average Bonchev–Trinajstić information content (AvgIpc) is 2.67. The van der Waals surface area contributed by atoms with Crippen molar-refractivity contribution < 1.29 is 13.2 Å². The lowest BCUT2D eigenvalue weighted by molar-refractivity contribution is -0.115. The first-order valence-corrected chi connectivity index (χ1v) is 11.7. The first kappa shape index (κ1) is 22.1. The molecule has 0 fully saturated rings. The van der Waals surface area contributed by atoms with Crippen LogP contribution in [0.2, 0.25) is 0 Å². The van der Waals surface area contributed by atoms with Gasteiger partial charge >= 0.3 is 0 Å². The van der Waals surface area contributed by atoms with Gasteiger partial charge in [-0.15, -0.1) is 0 Å². The smallest absolute Gasteiger partial charge is 0.261 e. The number of aryl methyl sites for hydroxylation is 3. The zero-order valence-corrected chi connectivity index (χ0v) is 19.4. The Kier molecular flexibility index (Phi) is 6.63. The first-order chi connectivity index (χ1) is 14.1. The van der Waals surface area contributed by atoms with Crippen LogP contribution in [0.1, 0.15) is 22.3 Å².